The minimum absolute atomic E-state index is 0.429. The zero-order valence-electron chi connectivity index (χ0n) is 10.3. The van der Waals surface area contributed by atoms with E-state index in [-0.39, 0.29) is 0 Å². The molecule has 9 heteroatoms. The van der Waals surface area contributed by atoms with Gasteiger partial charge >= 0.3 is 12.1 Å². The average Bonchev–Trinajstić information content (AvgIpc) is 2.25. The molecule has 2 N–H and O–H groups in total. The molecule has 0 fully saturated rings. The van der Waals surface area contributed by atoms with E-state index in [2.05, 4.69) is 5.32 Å². The second kappa shape index (κ2) is 5.76. The van der Waals surface area contributed by atoms with Crippen LogP contribution in [0, 0.1) is 10.1 Å². The summed E-state index contributed by atoms with van der Waals surface area (Å²) in [5.41, 5.74) is -1.46. The number of alkyl halides is 3. The molecule has 0 saturated heterocycles. The summed E-state index contributed by atoms with van der Waals surface area (Å²) in [5, 5.41) is 22.0. The Labute approximate surface area is 111 Å². The van der Waals surface area contributed by atoms with Crippen LogP contribution in [0.25, 0.3) is 0 Å². The van der Waals surface area contributed by atoms with Crippen LogP contribution in [-0.2, 0) is 0 Å². The van der Waals surface area contributed by atoms with Crippen molar-refractivity contribution in [3.63, 3.8) is 0 Å². The summed E-state index contributed by atoms with van der Waals surface area (Å²) in [6.45, 7) is 1.16. The summed E-state index contributed by atoms with van der Waals surface area (Å²) >= 11 is 0. The number of nitrogens with one attached hydrogen (secondary N) is 1. The summed E-state index contributed by atoms with van der Waals surface area (Å²) < 4.78 is 36.7. The van der Waals surface area contributed by atoms with E-state index in [9.17, 15) is 28.1 Å². The number of carboxylic acid groups (broad SMARTS) is 1. The number of hydrogen-bond acceptors (Lipinski definition) is 4. The van der Waals surface area contributed by atoms with Crippen molar-refractivity contribution in [2.45, 2.75) is 25.6 Å². The number of carboxylic acids is 1. The van der Waals surface area contributed by atoms with Crippen molar-refractivity contribution in [2.24, 2.45) is 0 Å². The van der Waals surface area contributed by atoms with Crippen LogP contribution < -0.4 is 5.32 Å². The maximum absolute atomic E-state index is 12.2. The number of rotatable bonds is 5. The van der Waals surface area contributed by atoms with E-state index in [0.29, 0.717) is 0 Å². The third-order valence-electron chi connectivity index (χ3n) is 2.40. The highest BCUT2D eigenvalue weighted by atomic mass is 19.4. The average molecular weight is 292 g/mol. The molecule has 6 nitrogen and oxygen atoms in total. The van der Waals surface area contributed by atoms with Crippen molar-refractivity contribution < 1.29 is 28.0 Å². The van der Waals surface area contributed by atoms with Crippen LogP contribution >= 0.6 is 0 Å². The number of anilines is 1. The van der Waals surface area contributed by atoms with Gasteiger partial charge in [0.1, 0.15) is 5.69 Å². The van der Waals surface area contributed by atoms with E-state index in [0.717, 1.165) is 25.1 Å². The van der Waals surface area contributed by atoms with Gasteiger partial charge in [-0.3, -0.25) is 10.1 Å². The molecule has 110 valence electrons. The molecule has 1 rings (SSSR count). The lowest BCUT2D eigenvalue weighted by Crippen LogP contribution is -2.25. The Hall–Kier alpha value is -2.32. The molecule has 0 heterocycles. The Kier molecular flexibility index (Phi) is 4.53. The third-order valence-corrected chi connectivity index (χ3v) is 2.40. The highest BCUT2D eigenvalue weighted by Crippen LogP contribution is 2.31. The number of benzene rings is 1. The predicted molar refractivity (Wildman–Crippen MR) is 63.8 cm³/mol. The van der Waals surface area contributed by atoms with Gasteiger partial charge in [-0.25, -0.2) is 4.79 Å². The second-order valence-corrected chi connectivity index (χ2v) is 4.13. The van der Waals surface area contributed by atoms with E-state index < -0.39 is 46.5 Å². The number of halogens is 3. The molecule has 1 atom stereocenters. The number of nitrogens with zero attached hydrogens (tertiary/aromatic N) is 1. The minimum atomic E-state index is -4.46. The van der Waals surface area contributed by atoms with Crippen molar-refractivity contribution in [3.8, 4) is 0 Å². The predicted octanol–water partition coefficient (Wildman–Crippen LogP) is 3.05. The number of hydrogen-bond donors (Lipinski definition) is 2. The zero-order chi connectivity index (χ0) is 15.5. The molecule has 0 aliphatic carbocycles. The normalized spacial score (nSPS) is 12.8. The molecule has 0 aliphatic rings. The van der Waals surface area contributed by atoms with E-state index >= 15 is 0 Å². The first-order valence-electron chi connectivity index (χ1n) is 5.46. The molecule has 1 unspecified atom stereocenters. The van der Waals surface area contributed by atoms with Gasteiger partial charge in [0.2, 0.25) is 0 Å². The molecular weight excluding hydrogens is 281 g/mol. The van der Waals surface area contributed by atoms with E-state index in [4.69, 9.17) is 5.11 Å². The van der Waals surface area contributed by atoms with Crippen LogP contribution in [0.3, 0.4) is 0 Å². The molecule has 0 bridgehead atoms. The van der Waals surface area contributed by atoms with Gasteiger partial charge in [-0.1, -0.05) is 6.07 Å². The van der Waals surface area contributed by atoms with Gasteiger partial charge in [0.05, 0.1) is 16.9 Å². The van der Waals surface area contributed by atoms with Gasteiger partial charge in [-0.2, -0.15) is 13.2 Å². The topological polar surface area (TPSA) is 92.5 Å². The van der Waals surface area contributed by atoms with Crippen LogP contribution in [0.1, 0.15) is 23.7 Å². The largest absolute Gasteiger partial charge is 0.478 e. The lowest BCUT2D eigenvalue weighted by molar-refractivity contribution is -0.384. The molecule has 0 aromatic heterocycles. The van der Waals surface area contributed by atoms with Crippen molar-refractivity contribution >= 4 is 17.3 Å². The molecule has 20 heavy (non-hydrogen) atoms. The first-order chi connectivity index (χ1) is 9.11. The Morgan fingerprint density at radius 1 is 1.50 bits per heavy atom. The smallest absolute Gasteiger partial charge is 0.391 e. The highest BCUT2D eigenvalue weighted by molar-refractivity contribution is 5.96. The van der Waals surface area contributed by atoms with E-state index in [1.807, 2.05) is 0 Å². The van der Waals surface area contributed by atoms with Gasteiger partial charge in [0.15, 0.2) is 0 Å². The molecule has 0 saturated carbocycles. The van der Waals surface area contributed by atoms with Crippen LogP contribution in [0.15, 0.2) is 18.2 Å². The highest BCUT2D eigenvalue weighted by Gasteiger charge is 2.31. The summed E-state index contributed by atoms with van der Waals surface area (Å²) in [6.07, 6.45) is -5.70. The number of aromatic carboxylic acids is 1. The number of nitro benzene ring substituents is 1. The summed E-state index contributed by atoms with van der Waals surface area (Å²) in [6, 6.07) is 2.06. The van der Waals surface area contributed by atoms with Gasteiger partial charge in [-0.05, 0) is 13.0 Å². The van der Waals surface area contributed by atoms with Gasteiger partial charge in [0.25, 0.3) is 5.69 Å². The zero-order valence-corrected chi connectivity index (χ0v) is 10.3. The summed E-state index contributed by atoms with van der Waals surface area (Å²) in [5.74, 6) is -1.46. The molecule has 1 aromatic rings. The first kappa shape index (κ1) is 15.7. The molecule has 0 spiro atoms. The fraction of sp³-hybridized carbons (Fsp3) is 0.364. The number of para-hydroxylation sites is 1. The lowest BCUT2D eigenvalue weighted by atomic mass is 10.1. The second-order valence-electron chi connectivity index (χ2n) is 4.13. The van der Waals surface area contributed by atoms with Crippen LogP contribution in [0.4, 0.5) is 24.5 Å². The first-order valence-corrected chi connectivity index (χ1v) is 5.46. The molecule has 0 amide bonds. The Morgan fingerprint density at radius 3 is 2.55 bits per heavy atom. The van der Waals surface area contributed by atoms with Crippen molar-refractivity contribution in [2.75, 3.05) is 5.32 Å². The number of carbonyl (C=O) groups is 1. The van der Waals surface area contributed by atoms with Crippen molar-refractivity contribution in [1.29, 1.82) is 0 Å². The SMILES string of the molecule is CC(CC(F)(F)F)Nc1c(C(=O)O)cccc1[N+](=O)[O-]. The van der Waals surface area contributed by atoms with Gasteiger partial charge in [-0.15, -0.1) is 0 Å². The minimum Gasteiger partial charge on any atom is -0.478 e. The van der Waals surface area contributed by atoms with Crippen LogP contribution in [0.2, 0.25) is 0 Å². The van der Waals surface area contributed by atoms with Gasteiger partial charge < -0.3 is 10.4 Å². The van der Waals surface area contributed by atoms with E-state index in [1.165, 1.54) is 0 Å². The number of nitro groups is 1. The fourth-order valence-electron chi connectivity index (χ4n) is 1.67. The van der Waals surface area contributed by atoms with Gasteiger partial charge in [0, 0.05) is 12.1 Å². The maximum Gasteiger partial charge on any atom is 0.391 e. The third kappa shape index (κ3) is 4.11. The van der Waals surface area contributed by atoms with Crippen LogP contribution in [-0.4, -0.2) is 28.2 Å². The standard InChI is InChI=1S/C11H11F3N2O4/c1-6(5-11(12,13)14)15-9-7(10(17)18)3-2-4-8(9)16(19)20/h2-4,6,15H,5H2,1H3,(H,17,18). The molecular formula is C11H11F3N2O4. The summed E-state index contributed by atoms with van der Waals surface area (Å²) in [7, 11) is 0. The molecule has 0 aliphatic heterocycles. The Bertz CT molecular complexity index is 499. The summed E-state index contributed by atoms with van der Waals surface area (Å²) in [4.78, 5) is 20.9. The van der Waals surface area contributed by atoms with Crippen LogP contribution in [0.5, 0.6) is 0 Å². The Balaban J connectivity index is 3.14. The maximum atomic E-state index is 12.2. The Morgan fingerprint density at radius 2 is 2.10 bits per heavy atom. The molecule has 1 aromatic carbocycles. The lowest BCUT2D eigenvalue weighted by Gasteiger charge is -2.18. The molecule has 0 radical (unpaired) electrons. The monoisotopic (exact) mass is 292 g/mol. The van der Waals surface area contributed by atoms with Crippen molar-refractivity contribution in [3.05, 3.63) is 33.9 Å². The van der Waals surface area contributed by atoms with Crippen molar-refractivity contribution in [1.82, 2.24) is 0 Å². The van der Waals surface area contributed by atoms with E-state index in [1.54, 1.807) is 0 Å². The fourth-order valence-corrected chi connectivity index (χ4v) is 1.67. The quantitative estimate of drug-likeness (QED) is 0.642.